The second kappa shape index (κ2) is 4.75. The van der Waals surface area contributed by atoms with Crippen LogP contribution in [0, 0.1) is 17.4 Å². The van der Waals surface area contributed by atoms with Crippen molar-refractivity contribution in [3.8, 4) is 0 Å². The van der Waals surface area contributed by atoms with Crippen LogP contribution in [0.25, 0.3) is 11.2 Å². The topological polar surface area (TPSA) is 66.5 Å². The van der Waals surface area contributed by atoms with E-state index in [2.05, 4.69) is 59.9 Å². The number of nitrogens with one attached hydrogen (secondary N) is 2. The third-order valence-electron chi connectivity index (χ3n) is 3.14. The maximum absolute atomic E-state index is 13.4. The average molecular weight is 265 g/mol. The highest BCUT2D eigenvalue weighted by atomic mass is 19.1. The van der Waals surface area contributed by atoms with Crippen LogP contribution in [-0.2, 0) is 0 Å². The van der Waals surface area contributed by atoms with Crippen LogP contribution in [0.3, 0.4) is 0 Å². The first-order valence-electron chi connectivity index (χ1n) is 6.42. The van der Waals surface area contributed by atoms with Gasteiger partial charge in [0.2, 0.25) is 0 Å². The number of hydrogen-bond donors (Lipinski definition) is 2. The first-order chi connectivity index (χ1) is 8.79. The molecule has 0 fully saturated rings. The summed E-state index contributed by atoms with van der Waals surface area (Å²) in [6.45, 7) is 10.7. The van der Waals surface area contributed by atoms with Gasteiger partial charge in [-0.3, -0.25) is 0 Å². The predicted octanol–water partition coefficient (Wildman–Crippen LogP) is 2.97. The molecule has 6 heteroatoms. The number of rotatable bonds is 3. The van der Waals surface area contributed by atoms with Crippen molar-refractivity contribution in [3.05, 3.63) is 12.4 Å². The summed E-state index contributed by atoms with van der Waals surface area (Å²) in [7, 11) is 0. The van der Waals surface area contributed by atoms with Gasteiger partial charge in [0.15, 0.2) is 11.5 Å². The molecule has 0 unspecified atom stereocenters. The van der Waals surface area contributed by atoms with E-state index in [-0.39, 0.29) is 11.5 Å². The van der Waals surface area contributed by atoms with Crippen molar-refractivity contribution in [1.29, 1.82) is 0 Å². The Labute approximate surface area is 112 Å². The highest BCUT2D eigenvalue weighted by Crippen LogP contribution is 2.29. The van der Waals surface area contributed by atoms with Crippen LogP contribution in [0.4, 0.5) is 10.2 Å². The summed E-state index contributed by atoms with van der Waals surface area (Å²) >= 11 is 0. The third kappa shape index (κ3) is 2.83. The zero-order chi connectivity index (χ0) is 14.2. The molecule has 0 bridgehead atoms. The maximum atomic E-state index is 13.4. The van der Waals surface area contributed by atoms with E-state index in [4.69, 9.17) is 0 Å². The number of aromatic amines is 1. The van der Waals surface area contributed by atoms with Gasteiger partial charge in [0, 0.05) is 6.04 Å². The average Bonchev–Trinajstić information content (AvgIpc) is 2.70. The van der Waals surface area contributed by atoms with Crippen molar-refractivity contribution in [2.45, 2.75) is 40.7 Å². The van der Waals surface area contributed by atoms with Gasteiger partial charge in [0.05, 0.1) is 6.33 Å². The van der Waals surface area contributed by atoms with Crippen molar-refractivity contribution in [2.24, 2.45) is 11.3 Å². The van der Waals surface area contributed by atoms with E-state index in [0.29, 0.717) is 22.9 Å². The molecule has 0 aliphatic carbocycles. The minimum Gasteiger partial charge on any atom is -0.365 e. The zero-order valence-electron chi connectivity index (χ0n) is 12.0. The van der Waals surface area contributed by atoms with Gasteiger partial charge in [0.1, 0.15) is 5.52 Å². The van der Waals surface area contributed by atoms with Crippen LogP contribution in [0.2, 0.25) is 0 Å². The summed E-state index contributed by atoms with van der Waals surface area (Å²) in [4.78, 5) is 14.5. The summed E-state index contributed by atoms with van der Waals surface area (Å²) < 4.78 is 13.4. The molecular weight excluding hydrogens is 245 g/mol. The molecule has 2 N–H and O–H groups in total. The fourth-order valence-electron chi connectivity index (χ4n) is 2.44. The number of halogens is 1. The molecule has 2 rings (SSSR count). The number of aromatic nitrogens is 4. The van der Waals surface area contributed by atoms with Crippen LogP contribution in [0.5, 0.6) is 0 Å². The molecule has 0 amide bonds. The Morgan fingerprint density at radius 1 is 1.26 bits per heavy atom. The summed E-state index contributed by atoms with van der Waals surface area (Å²) in [5, 5.41) is 3.31. The quantitative estimate of drug-likeness (QED) is 0.837. The number of nitrogens with zero attached hydrogens (tertiary/aromatic N) is 3. The lowest BCUT2D eigenvalue weighted by Gasteiger charge is -2.35. The van der Waals surface area contributed by atoms with E-state index in [1.54, 1.807) is 0 Å². The van der Waals surface area contributed by atoms with E-state index in [1.807, 2.05) is 0 Å². The van der Waals surface area contributed by atoms with Crippen LogP contribution >= 0.6 is 0 Å². The van der Waals surface area contributed by atoms with Gasteiger partial charge in [-0.1, -0.05) is 34.6 Å². The molecule has 104 valence electrons. The maximum Gasteiger partial charge on any atom is 0.312 e. The summed E-state index contributed by atoms with van der Waals surface area (Å²) in [5.41, 5.74) is 1.00. The van der Waals surface area contributed by atoms with Crippen molar-refractivity contribution in [2.75, 3.05) is 5.32 Å². The molecular formula is C13H20FN5. The first kappa shape index (κ1) is 13.7. The number of anilines is 1. The molecule has 19 heavy (non-hydrogen) atoms. The van der Waals surface area contributed by atoms with E-state index in [0.717, 1.165) is 0 Å². The number of fused-ring (bicyclic) bond motifs is 1. The lowest BCUT2D eigenvalue weighted by atomic mass is 9.80. The standard InChI is InChI=1S/C13H20FN5/c1-7(2)9(13(3,4)5)17-11-8-10(16-6-15-8)18-12(14)19-11/h6-7,9H,1-5H3,(H2,15,16,17,18,19)/t9-/m0/s1. The van der Waals surface area contributed by atoms with Crippen LogP contribution in [-0.4, -0.2) is 26.0 Å². The normalized spacial score (nSPS) is 14.1. The second-order valence-electron chi connectivity index (χ2n) is 6.17. The van der Waals surface area contributed by atoms with Crippen molar-refractivity contribution in [3.63, 3.8) is 0 Å². The van der Waals surface area contributed by atoms with Gasteiger partial charge in [0.25, 0.3) is 0 Å². The smallest absolute Gasteiger partial charge is 0.312 e. The molecule has 1 atom stereocenters. The summed E-state index contributed by atoms with van der Waals surface area (Å²) in [5.74, 6) is 0.824. The zero-order valence-corrected chi connectivity index (χ0v) is 12.0. The number of imidazole rings is 1. The molecule has 0 aromatic carbocycles. The second-order valence-corrected chi connectivity index (χ2v) is 6.17. The molecule has 0 saturated heterocycles. The largest absolute Gasteiger partial charge is 0.365 e. The monoisotopic (exact) mass is 265 g/mol. The van der Waals surface area contributed by atoms with Gasteiger partial charge in [-0.15, -0.1) is 0 Å². The van der Waals surface area contributed by atoms with Crippen molar-refractivity contribution >= 4 is 17.0 Å². The molecule has 2 heterocycles. The van der Waals surface area contributed by atoms with Gasteiger partial charge in [-0.25, -0.2) is 4.98 Å². The highest BCUT2D eigenvalue weighted by molar-refractivity contribution is 5.82. The Kier molecular flexibility index (Phi) is 3.43. The Bertz CT molecular complexity index is 570. The van der Waals surface area contributed by atoms with Crippen LogP contribution < -0.4 is 5.32 Å². The Hall–Kier alpha value is -1.72. The molecule has 0 spiro atoms. The van der Waals surface area contributed by atoms with Crippen LogP contribution in [0.1, 0.15) is 34.6 Å². The SMILES string of the molecule is CC(C)[C@H](Nc1nc(F)nc2[nH]cnc12)C(C)(C)C. The number of hydrogen-bond acceptors (Lipinski definition) is 4. The molecule has 0 aliphatic heterocycles. The Morgan fingerprint density at radius 2 is 1.95 bits per heavy atom. The summed E-state index contributed by atoms with van der Waals surface area (Å²) in [6.07, 6.45) is 0.737. The van der Waals surface area contributed by atoms with Crippen LogP contribution in [0.15, 0.2) is 6.33 Å². The molecule has 5 nitrogen and oxygen atoms in total. The van der Waals surface area contributed by atoms with E-state index >= 15 is 0 Å². The van der Waals surface area contributed by atoms with Gasteiger partial charge in [-0.2, -0.15) is 14.4 Å². The molecule has 0 saturated carbocycles. The minimum absolute atomic E-state index is 0.0260. The molecule has 0 radical (unpaired) electrons. The van der Waals surface area contributed by atoms with Gasteiger partial charge in [-0.05, 0) is 11.3 Å². The Morgan fingerprint density at radius 3 is 2.53 bits per heavy atom. The van der Waals surface area contributed by atoms with Gasteiger partial charge < -0.3 is 10.3 Å². The molecule has 2 aromatic heterocycles. The van der Waals surface area contributed by atoms with Gasteiger partial charge >= 0.3 is 6.08 Å². The Balaban J connectivity index is 2.41. The molecule has 0 aliphatic rings. The van der Waals surface area contributed by atoms with E-state index in [9.17, 15) is 4.39 Å². The van der Waals surface area contributed by atoms with Crippen molar-refractivity contribution < 1.29 is 4.39 Å². The third-order valence-corrected chi connectivity index (χ3v) is 3.14. The highest BCUT2D eigenvalue weighted by Gasteiger charge is 2.28. The molecule has 2 aromatic rings. The fraction of sp³-hybridized carbons (Fsp3) is 0.615. The van der Waals surface area contributed by atoms with Crippen molar-refractivity contribution in [1.82, 2.24) is 19.9 Å². The minimum atomic E-state index is -0.754. The first-order valence-corrected chi connectivity index (χ1v) is 6.42. The predicted molar refractivity (Wildman–Crippen MR) is 73.3 cm³/mol. The fourth-order valence-corrected chi connectivity index (χ4v) is 2.44. The van der Waals surface area contributed by atoms with E-state index < -0.39 is 6.08 Å². The lowest BCUT2D eigenvalue weighted by Crippen LogP contribution is -2.38. The van der Waals surface area contributed by atoms with E-state index in [1.165, 1.54) is 6.33 Å². The lowest BCUT2D eigenvalue weighted by molar-refractivity contribution is 0.280. The summed E-state index contributed by atoms with van der Waals surface area (Å²) in [6, 6.07) is 0.154. The number of H-pyrrole nitrogens is 1.